The number of aromatic nitrogens is 1. The van der Waals surface area contributed by atoms with Gasteiger partial charge in [-0.1, -0.05) is 180 Å². The van der Waals surface area contributed by atoms with Crippen molar-refractivity contribution in [3.63, 3.8) is 0 Å². The quantitative estimate of drug-likeness (QED) is 0.0423. The molecule has 0 aliphatic heterocycles. The lowest BCUT2D eigenvalue weighted by molar-refractivity contribution is -0.697. The summed E-state index contributed by atoms with van der Waals surface area (Å²) in [7, 11) is 0. The van der Waals surface area contributed by atoms with Crippen LogP contribution in [-0.4, -0.2) is 0 Å². The maximum atomic E-state index is 2.44. The summed E-state index contributed by atoms with van der Waals surface area (Å²) in [6.45, 7) is 5.79. The number of aryl methyl sites for hydroxylation is 2. The average molecular weight is 597 g/mol. The van der Waals surface area contributed by atoms with E-state index in [-0.39, 0.29) is 0 Å². The summed E-state index contributed by atoms with van der Waals surface area (Å²) in [4.78, 5) is 0. The molecule has 1 nitrogen and oxygen atoms in total. The molecule has 0 spiro atoms. The van der Waals surface area contributed by atoms with E-state index in [1.807, 2.05) is 0 Å². The van der Waals surface area contributed by atoms with Crippen LogP contribution in [0.25, 0.3) is 0 Å². The molecule has 0 bridgehead atoms. The van der Waals surface area contributed by atoms with Gasteiger partial charge in [0.25, 0.3) is 0 Å². The highest BCUT2D eigenvalue weighted by Gasteiger charge is 2.02. The van der Waals surface area contributed by atoms with Crippen LogP contribution >= 0.6 is 0 Å². The van der Waals surface area contributed by atoms with Gasteiger partial charge in [-0.25, -0.2) is 4.57 Å². The maximum Gasteiger partial charge on any atom is 0.169 e. The fraction of sp³-hybridized carbons (Fsp3) is 0.833. The van der Waals surface area contributed by atoms with Crippen LogP contribution in [0.4, 0.5) is 0 Å². The summed E-state index contributed by atoms with van der Waals surface area (Å²) in [6.07, 6.45) is 54.7. The van der Waals surface area contributed by atoms with Crippen molar-refractivity contribution >= 4 is 0 Å². The van der Waals surface area contributed by atoms with E-state index in [2.05, 4.69) is 55.1 Å². The lowest BCUT2D eigenvalue weighted by atomic mass is 10.0. The maximum absolute atomic E-state index is 2.44. The van der Waals surface area contributed by atoms with Crippen molar-refractivity contribution in [2.45, 2.75) is 226 Å². The first-order valence-electron chi connectivity index (χ1n) is 20.0. The van der Waals surface area contributed by atoms with Gasteiger partial charge >= 0.3 is 0 Å². The predicted octanol–water partition coefficient (Wildman–Crippen LogP) is 14.2. The van der Waals surface area contributed by atoms with Gasteiger partial charge in [-0.2, -0.15) is 0 Å². The molecule has 0 aliphatic rings. The molecule has 0 atom stereocenters. The topological polar surface area (TPSA) is 3.88 Å². The Labute approximate surface area is 272 Å². The van der Waals surface area contributed by atoms with E-state index >= 15 is 0 Å². The van der Waals surface area contributed by atoms with Crippen LogP contribution in [0.3, 0.4) is 0 Å². The zero-order valence-electron chi connectivity index (χ0n) is 29.7. The second kappa shape index (κ2) is 33.8. The Bertz CT molecular complexity index is 675. The van der Waals surface area contributed by atoms with Crippen molar-refractivity contribution in [2.24, 2.45) is 0 Å². The summed E-state index contributed by atoms with van der Waals surface area (Å²) >= 11 is 0. The molecule has 0 fully saturated rings. The zero-order valence-corrected chi connectivity index (χ0v) is 29.7. The number of unbranched alkanes of at least 4 members (excludes halogenated alkanes) is 28. The van der Waals surface area contributed by atoms with Crippen LogP contribution < -0.4 is 4.57 Å². The van der Waals surface area contributed by atoms with E-state index in [0.717, 1.165) is 0 Å². The second-order valence-corrected chi connectivity index (χ2v) is 13.8. The fourth-order valence-corrected chi connectivity index (χ4v) is 6.40. The standard InChI is InChI=1S/C42H78N/c1-3-5-7-9-11-13-15-17-19-21-22-24-26-28-30-32-34-36-42-37-40-43(41-38-42)39-35-33-31-29-27-25-23-20-18-16-14-12-10-8-6-4-2/h17,19,37-38,40-41H,3-16,18,20-36,39H2,1-2H3/q+1. The largest absolute Gasteiger partial charge is 0.205 e. The van der Waals surface area contributed by atoms with Gasteiger partial charge in [0.05, 0.1) is 0 Å². The fourth-order valence-electron chi connectivity index (χ4n) is 6.40. The van der Waals surface area contributed by atoms with Gasteiger partial charge < -0.3 is 0 Å². The highest BCUT2D eigenvalue weighted by atomic mass is 14.9. The Morgan fingerprint density at radius 1 is 0.395 bits per heavy atom. The van der Waals surface area contributed by atoms with Gasteiger partial charge in [0.1, 0.15) is 6.54 Å². The minimum Gasteiger partial charge on any atom is -0.205 e. The van der Waals surface area contributed by atoms with E-state index in [1.165, 1.54) is 218 Å². The number of allylic oxidation sites excluding steroid dienone is 2. The van der Waals surface area contributed by atoms with E-state index < -0.39 is 0 Å². The molecule has 1 aromatic heterocycles. The Morgan fingerprint density at radius 3 is 1.12 bits per heavy atom. The minimum atomic E-state index is 1.19. The normalized spacial score (nSPS) is 11.7. The number of hydrogen-bond donors (Lipinski definition) is 0. The van der Waals surface area contributed by atoms with Crippen molar-refractivity contribution in [1.29, 1.82) is 0 Å². The van der Waals surface area contributed by atoms with Crippen LogP contribution in [0.15, 0.2) is 36.7 Å². The molecular formula is C42H78N+. The molecule has 0 N–H and O–H groups in total. The van der Waals surface area contributed by atoms with E-state index in [1.54, 1.807) is 0 Å². The van der Waals surface area contributed by atoms with E-state index in [0.29, 0.717) is 0 Å². The predicted molar refractivity (Wildman–Crippen MR) is 194 cm³/mol. The molecule has 0 saturated carbocycles. The molecule has 1 heterocycles. The van der Waals surface area contributed by atoms with Gasteiger partial charge in [-0.3, -0.25) is 0 Å². The van der Waals surface area contributed by atoms with Crippen LogP contribution in [0.2, 0.25) is 0 Å². The van der Waals surface area contributed by atoms with Gasteiger partial charge in [0.2, 0.25) is 0 Å². The van der Waals surface area contributed by atoms with Gasteiger partial charge in [-0.05, 0) is 50.5 Å². The SMILES string of the molecule is CCCCCCCCC=CCCCCCCCCCc1cc[n+](CCCCCCCCCCCCCCCCCC)cc1. The first kappa shape index (κ1) is 39.9. The van der Waals surface area contributed by atoms with E-state index in [9.17, 15) is 0 Å². The molecule has 0 unspecified atom stereocenters. The summed E-state index contributed by atoms with van der Waals surface area (Å²) in [6, 6.07) is 4.74. The first-order chi connectivity index (χ1) is 21.4. The molecule has 43 heavy (non-hydrogen) atoms. The zero-order chi connectivity index (χ0) is 30.7. The monoisotopic (exact) mass is 597 g/mol. The van der Waals surface area contributed by atoms with Crippen LogP contribution in [0.5, 0.6) is 0 Å². The highest BCUT2D eigenvalue weighted by Crippen LogP contribution is 2.15. The molecule has 0 aliphatic carbocycles. The number of pyridine rings is 1. The molecule has 1 heteroatoms. The second-order valence-electron chi connectivity index (χ2n) is 13.8. The van der Waals surface area contributed by atoms with Crippen molar-refractivity contribution in [3.8, 4) is 0 Å². The van der Waals surface area contributed by atoms with Gasteiger partial charge in [-0.15, -0.1) is 0 Å². The van der Waals surface area contributed by atoms with Crippen LogP contribution in [0, 0.1) is 0 Å². The number of hydrogen-bond acceptors (Lipinski definition) is 0. The van der Waals surface area contributed by atoms with Crippen molar-refractivity contribution in [1.82, 2.24) is 0 Å². The van der Waals surface area contributed by atoms with Crippen LogP contribution in [0.1, 0.15) is 218 Å². The Morgan fingerprint density at radius 2 is 0.721 bits per heavy atom. The Balaban J connectivity index is 1.82. The average Bonchev–Trinajstić information content (AvgIpc) is 3.03. The summed E-state index contributed by atoms with van der Waals surface area (Å²) in [5.41, 5.74) is 1.52. The molecule has 0 saturated heterocycles. The molecule has 0 aromatic carbocycles. The Kier molecular flexibility index (Phi) is 31.4. The lowest BCUT2D eigenvalue weighted by Crippen LogP contribution is -2.32. The van der Waals surface area contributed by atoms with E-state index in [4.69, 9.17) is 0 Å². The van der Waals surface area contributed by atoms with Gasteiger partial charge in [0.15, 0.2) is 12.4 Å². The molecule has 1 aromatic rings. The minimum absolute atomic E-state index is 1.19. The molecular weight excluding hydrogens is 518 g/mol. The van der Waals surface area contributed by atoms with Crippen molar-refractivity contribution in [2.75, 3.05) is 0 Å². The smallest absolute Gasteiger partial charge is 0.169 e. The number of rotatable bonds is 34. The molecule has 0 radical (unpaired) electrons. The Hall–Kier alpha value is -1.11. The third kappa shape index (κ3) is 29.4. The summed E-state index contributed by atoms with van der Waals surface area (Å²) in [5.74, 6) is 0. The molecule has 1 rings (SSSR count). The third-order valence-corrected chi connectivity index (χ3v) is 9.46. The van der Waals surface area contributed by atoms with Gasteiger partial charge in [0, 0.05) is 18.6 Å². The van der Waals surface area contributed by atoms with Crippen LogP contribution in [-0.2, 0) is 13.0 Å². The lowest BCUT2D eigenvalue weighted by Gasteiger charge is -2.04. The van der Waals surface area contributed by atoms with Crippen molar-refractivity contribution < 1.29 is 4.57 Å². The third-order valence-electron chi connectivity index (χ3n) is 9.46. The molecule has 250 valence electrons. The first-order valence-corrected chi connectivity index (χ1v) is 20.0. The summed E-state index contributed by atoms with van der Waals surface area (Å²) in [5, 5.41) is 0. The molecule has 0 amide bonds. The highest BCUT2D eigenvalue weighted by molar-refractivity contribution is 5.07. The van der Waals surface area contributed by atoms with Crippen molar-refractivity contribution in [3.05, 3.63) is 42.2 Å². The summed E-state index contributed by atoms with van der Waals surface area (Å²) < 4.78 is 2.40. The number of nitrogens with zero attached hydrogens (tertiary/aromatic N) is 1.